The molecule has 1 aliphatic heterocycles. The van der Waals surface area contributed by atoms with Gasteiger partial charge in [0.2, 0.25) is 5.88 Å². The molecule has 160 valence electrons. The van der Waals surface area contributed by atoms with Crippen LogP contribution < -0.4 is 9.64 Å². The lowest BCUT2D eigenvalue weighted by atomic mass is 10.2. The minimum absolute atomic E-state index is 0.166. The summed E-state index contributed by atoms with van der Waals surface area (Å²) >= 11 is 0. The Hall–Kier alpha value is -3.23. The van der Waals surface area contributed by atoms with Crippen molar-refractivity contribution < 1.29 is 17.9 Å². The van der Waals surface area contributed by atoms with Crippen LogP contribution in [0, 0.1) is 0 Å². The van der Waals surface area contributed by atoms with Crippen molar-refractivity contribution in [1.82, 2.24) is 19.9 Å². The van der Waals surface area contributed by atoms with Gasteiger partial charge in [-0.2, -0.15) is 13.2 Å². The van der Waals surface area contributed by atoms with Crippen LogP contribution in [0.15, 0.2) is 42.9 Å². The van der Waals surface area contributed by atoms with Gasteiger partial charge in [0.15, 0.2) is 5.82 Å². The fourth-order valence-corrected chi connectivity index (χ4v) is 4.11. The van der Waals surface area contributed by atoms with E-state index in [2.05, 4.69) is 14.9 Å². The van der Waals surface area contributed by atoms with E-state index in [-0.39, 0.29) is 12.0 Å². The number of rotatable bonds is 4. The molecule has 0 aromatic carbocycles. The molecule has 0 bridgehead atoms. The molecule has 1 atom stereocenters. The number of pyridine rings is 2. The van der Waals surface area contributed by atoms with Crippen molar-refractivity contribution in [3.05, 3.63) is 59.7 Å². The average Bonchev–Trinajstić information content (AvgIpc) is 3.43. The highest BCUT2D eigenvalue weighted by atomic mass is 19.4. The molecule has 5 rings (SSSR count). The molecular weight excluding hydrogens is 407 g/mol. The second-order valence-corrected chi connectivity index (χ2v) is 7.74. The van der Waals surface area contributed by atoms with Crippen molar-refractivity contribution in [2.45, 2.75) is 38.0 Å². The van der Waals surface area contributed by atoms with Gasteiger partial charge in [-0.15, -0.1) is 0 Å². The lowest BCUT2D eigenvalue weighted by Gasteiger charge is -2.21. The first kappa shape index (κ1) is 19.7. The minimum atomic E-state index is -4.41. The van der Waals surface area contributed by atoms with Crippen molar-refractivity contribution in [2.75, 3.05) is 18.0 Å². The van der Waals surface area contributed by atoms with Gasteiger partial charge in [0.25, 0.3) is 0 Å². The van der Waals surface area contributed by atoms with Gasteiger partial charge in [-0.1, -0.05) is 0 Å². The molecule has 4 heterocycles. The summed E-state index contributed by atoms with van der Waals surface area (Å²) in [7, 11) is 0. The molecule has 3 aromatic rings. The monoisotopic (exact) mass is 427 g/mol. The highest BCUT2D eigenvalue weighted by Crippen LogP contribution is 2.34. The van der Waals surface area contributed by atoms with E-state index in [1.807, 2.05) is 12.1 Å². The number of aryl methyl sites for hydroxylation is 1. The second-order valence-electron chi connectivity index (χ2n) is 7.74. The van der Waals surface area contributed by atoms with Crippen LogP contribution in [0.5, 0.6) is 5.88 Å². The Morgan fingerprint density at radius 1 is 1.03 bits per heavy atom. The number of fused-ring (bicyclic) bond motifs is 1. The molecule has 1 aliphatic carbocycles. The predicted octanol–water partition coefficient (Wildman–Crippen LogP) is 4.10. The number of aromatic nitrogens is 4. The molecule has 0 N–H and O–H groups in total. The molecule has 3 aromatic heterocycles. The van der Waals surface area contributed by atoms with Gasteiger partial charge >= 0.3 is 6.18 Å². The van der Waals surface area contributed by atoms with Crippen LogP contribution in [0.25, 0.3) is 11.4 Å². The van der Waals surface area contributed by atoms with Crippen molar-refractivity contribution in [2.24, 2.45) is 0 Å². The molecular formula is C22H20F3N5O. The fourth-order valence-electron chi connectivity index (χ4n) is 4.11. The van der Waals surface area contributed by atoms with Crippen LogP contribution in [0.4, 0.5) is 19.0 Å². The standard InChI is InChI=1S/C22H20F3N5O/c23-22(24,25)15-4-5-19(27-12-15)31-16-8-11-30(13-16)21-17-2-1-3-18(17)28-20(29-21)14-6-9-26-10-7-14/h4-7,9-10,12,16H,1-3,8,11,13H2. The predicted molar refractivity (Wildman–Crippen MR) is 108 cm³/mol. The number of ether oxygens (including phenoxy) is 1. The van der Waals surface area contributed by atoms with Gasteiger partial charge in [-0.3, -0.25) is 4.98 Å². The SMILES string of the molecule is FC(F)(F)c1ccc(OC2CCN(c3nc(-c4ccncc4)nc4c3CCC4)C2)nc1. The average molecular weight is 427 g/mol. The van der Waals surface area contributed by atoms with Crippen molar-refractivity contribution in [3.8, 4) is 17.3 Å². The number of halogens is 3. The Labute approximate surface area is 177 Å². The summed E-state index contributed by atoms with van der Waals surface area (Å²) in [5, 5.41) is 0. The van der Waals surface area contributed by atoms with Crippen LogP contribution in [0.2, 0.25) is 0 Å². The number of nitrogens with zero attached hydrogens (tertiary/aromatic N) is 5. The van der Waals surface area contributed by atoms with Gasteiger partial charge in [-0.05, 0) is 37.5 Å². The van der Waals surface area contributed by atoms with E-state index in [1.54, 1.807) is 12.4 Å². The molecule has 0 spiro atoms. The Bertz CT molecular complexity index is 1070. The van der Waals surface area contributed by atoms with Crippen molar-refractivity contribution in [1.29, 1.82) is 0 Å². The number of hydrogen-bond acceptors (Lipinski definition) is 6. The zero-order chi connectivity index (χ0) is 21.4. The van der Waals surface area contributed by atoms with Crippen molar-refractivity contribution in [3.63, 3.8) is 0 Å². The van der Waals surface area contributed by atoms with Crippen LogP contribution >= 0.6 is 0 Å². The molecule has 0 amide bonds. The normalized spacial score (nSPS) is 18.3. The van der Waals surface area contributed by atoms with Gasteiger partial charge < -0.3 is 9.64 Å². The maximum Gasteiger partial charge on any atom is 0.417 e. The Balaban J connectivity index is 1.35. The van der Waals surface area contributed by atoms with E-state index in [0.29, 0.717) is 12.4 Å². The van der Waals surface area contributed by atoms with Gasteiger partial charge in [0.1, 0.15) is 11.9 Å². The lowest BCUT2D eigenvalue weighted by Crippen LogP contribution is -2.27. The third-order valence-corrected chi connectivity index (χ3v) is 5.65. The molecule has 1 unspecified atom stereocenters. The molecule has 6 nitrogen and oxygen atoms in total. The summed E-state index contributed by atoms with van der Waals surface area (Å²) < 4.78 is 44.0. The first-order valence-corrected chi connectivity index (χ1v) is 10.2. The van der Waals surface area contributed by atoms with E-state index in [4.69, 9.17) is 14.7 Å². The smallest absolute Gasteiger partial charge is 0.417 e. The van der Waals surface area contributed by atoms with Crippen LogP contribution in [0.1, 0.15) is 29.7 Å². The highest BCUT2D eigenvalue weighted by molar-refractivity contribution is 5.61. The summed E-state index contributed by atoms with van der Waals surface area (Å²) in [5.41, 5.74) is 2.41. The first-order chi connectivity index (χ1) is 15.0. The summed E-state index contributed by atoms with van der Waals surface area (Å²) in [5.74, 6) is 1.82. The van der Waals surface area contributed by atoms with Crippen LogP contribution in [-0.4, -0.2) is 39.1 Å². The summed E-state index contributed by atoms with van der Waals surface area (Å²) in [4.78, 5) is 19.7. The van der Waals surface area contributed by atoms with E-state index < -0.39 is 11.7 Å². The second kappa shape index (κ2) is 7.79. The Morgan fingerprint density at radius 2 is 1.87 bits per heavy atom. The largest absolute Gasteiger partial charge is 0.472 e. The minimum Gasteiger partial charge on any atom is -0.472 e. The molecule has 0 saturated carbocycles. The van der Waals surface area contributed by atoms with E-state index in [1.165, 1.54) is 11.6 Å². The van der Waals surface area contributed by atoms with E-state index in [9.17, 15) is 13.2 Å². The quantitative estimate of drug-likeness (QED) is 0.625. The molecule has 0 radical (unpaired) electrons. The summed E-state index contributed by atoms with van der Waals surface area (Å²) in [6.07, 6.45) is 3.36. The highest BCUT2D eigenvalue weighted by Gasteiger charge is 2.32. The molecule has 1 fully saturated rings. The van der Waals surface area contributed by atoms with E-state index >= 15 is 0 Å². The Kier molecular flexibility index (Phi) is 4.95. The van der Waals surface area contributed by atoms with Crippen molar-refractivity contribution >= 4 is 5.82 Å². The molecule has 9 heteroatoms. The number of anilines is 1. The van der Waals surface area contributed by atoms with Crippen LogP contribution in [-0.2, 0) is 19.0 Å². The number of hydrogen-bond donors (Lipinski definition) is 0. The Morgan fingerprint density at radius 3 is 2.61 bits per heavy atom. The van der Waals surface area contributed by atoms with Gasteiger partial charge in [0.05, 0.1) is 12.1 Å². The van der Waals surface area contributed by atoms with Crippen LogP contribution in [0.3, 0.4) is 0 Å². The molecule has 31 heavy (non-hydrogen) atoms. The maximum absolute atomic E-state index is 12.7. The zero-order valence-corrected chi connectivity index (χ0v) is 16.6. The fraction of sp³-hybridized carbons (Fsp3) is 0.364. The molecule has 2 aliphatic rings. The third kappa shape index (κ3) is 4.04. The first-order valence-electron chi connectivity index (χ1n) is 10.2. The summed E-state index contributed by atoms with van der Waals surface area (Å²) in [6.45, 7) is 1.35. The lowest BCUT2D eigenvalue weighted by molar-refractivity contribution is -0.137. The van der Waals surface area contributed by atoms with E-state index in [0.717, 1.165) is 61.6 Å². The van der Waals surface area contributed by atoms with Gasteiger partial charge in [-0.25, -0.2) is 15.0 Å². The molecule has 1 saturated heterocycles. The number of alkyl halides is 3. The topological polar surface area (TPSA) is 64.0 Å². The third-order valence-electron chi connectivity index (χ3n) is 5.65. The summed E-state index contributed by atoms with van der Waals surface area (Å²) in [6, 6.07) is 6.06. The maximum atomic E-state index is 12.7. The van der Waals surface area contributed by atoms with Gasteiger partial charge in [0, 0.05) is 54.4 Å². The zero-order valence-electron chi connectivity index (χ0n) is 16.6.